The summed E-state index contributed by atoms with van der Waals surface area (Å²) >= 11 is 3.32. The van der Waals surface area contributed by atoms with Crippen molar-refractivity contribution in [1.29, 1.82) is 0 Å². The van der Waals surface area contributed by atoms with Crippen LogP contribution in [-0.4, -0.2) is 25.1 Å². The fraction of sp³-hybridized carbons (Fsp3) is 0.417. The van der Waals surface area contributed by atoms with E-state index in [0.717, 1.165) is 31.7 Å². The summed E-state index contributed by atoms with van der Waals surface area (Å²) in [5.74, 6) is 0.318. The van der Waals surface area contributed by atoms with E-state index in [9.17, 15) is 4.79 Å². The van der Waals surface area contributed by atoms with Crippen LogP contribution in [0.5, 0.6) is 5.75 Å². The first-order valence-electron chi connectivity index (χ1n) is 5.63. The summed E-state index contributed by atoms with van der Waals surface area (Å²) < 4.78 is 6.50. The van der Waals surface area contributed by atoms with Crippen LogP contribution in [0.1, 0.15) is 23.2 Å². The molecule has 0 radical (unpaired) electrons. The number of piperidine rings is 1. The predicted molar refractivity (Wildman–Crippen MR) is 69.2 cm³/mol. The molecule has 92 valence electrons. The van der Waals surface area contributed by atoms with E-state index in [2.05, 4.69) is 21.2 Å². The number of carbonyl (C=O) groups is 1. The highest BCUT2D eigenvalue weighted by Crippen LogP contribution is 2.24. The number of hydrogen-bond acceptors (Lipinski definition) is 3. The van der Waals surface area contributed by atoms with Gasteiger partial charge in [-0.1, -0.05) is 0 Å². The van der Waals surface area contributed by atoms with Gasteiger partial charge in [-0.15, -0.1) is 0 Å². The average Bonchev–Trinajstić information content (AvgIpc) is 2.30. The molecule has 1 aliphatic rings. The summed E-state index contributed by atoms with van der Waals surface area (Å²) in [7, 11) is 0. The Morgan fingerprint density at radius 3 is 2.94 bits per heavy atom. The first kappa shape index (κ1) is 12.4. The summed E-state index contributed by atoms with van der Waals surface area (Å²) in [4.78, 5) is 11.1. The zero-order chi connectivity index (χ0) is 12.3. The minimum atomic E-state index is -0.442. The third kappa shape index (κ3) is 3.20. The zero-order valence-electron chi connectivity index (χ0n) is 9.41. The van der Waals surface area contributed by atoms with Gasteiger partial charge in [0.15, 0.2) is 0 Å². The third-order valence-electron chi connectivity index (χ3n) is 2.76. The number of ether oxygens (including phenoxy) is 1. The Kier molecular flexibility index (Phi) is 4.02. The van der Waals surface area contributed by atoms with Gasteiger partial charge in [0, 0.05) is 11.0 Å². The lowest BCUT2D eigenvalue weighted by Crippen LogP contribution is -2.37. The summed E-state index contributed by atoms with van der Waals surface area (Å²) in [5, 5.41) is 3.29. The fourth-order valence-corrected chi connectivity index (χ4v) is 2.44. The first-order valence-corrected chi connectivity index (χ1v) is 6.43. The maximum Gasteiger partial charge on any atom is 0.249 e. The van der Waals surface area contributed by atoms with Crippen molar-refractivity contribution in [2.45, 2.75) is 18.9 Å². The molecular weight excluding hydrogens is 284 g/mol. The van der Waals surface area contributed by atoms with Crippen molar-refractivity contribution in [3.63, 3.8) is 0 Å². The van der Waals surface area contributed by atoms with Gasteiger partial charge >= 0.3 is 0 Å². The molecule has 0 unspecified atom stereocenters. The molecule has 1 saturated heterocycles. The standard InChI is InChI=1S/C12H15BrN2O2/c13-11-6-8(3-4-10(11)12(14)16)17-9-2-1-5-15-7-9/h3-4,6,9,15H,1-2,5,7H2,(H2,14,16)/t9-/m0/s1. The lowest BCUT2D eigenvalue weighted by atomic mass is 10.1. The summed E-state index contributed by atoms with van der Waals surface area (Å²) in [6.07, 6.45) is 2.39. The molecule has 3 N–H and O–H groups in total. The minimum Gasteiger partial charge on any atom is -0.489 e. The lowest BCUT2D eigenvalue weighted by molar-refractivity contribution is 0.0999. The number of rotatable bonds is 3. The molecule has 0 aliphatic carbocycles. The second-order valence-corrected chi connectivity index (χ2v) is 4.95. The maximum absolute atomic E-state index is 11.1. The van der Waals surface area contributed by atoms with E-state index in [-0.39, 0.29) is 6.10 Å². The molecular formula is C12H15BrN2O2. The number of hydrogen-bond donors (Lipinski definition) is 2. The van der Waals surface area contributed by atoms with Gasteiger partial charge in [0.2, 0.25) is 5.91 Å². The number of carbonyl (C=O) groups excluding carboxylic acids is 1. The van der Waals surface area contributed by atoms with Crippen LogP contribution >= 0.6 is 15.9 Å². The van der Waals surface area contributed by atoms with Gasteiger partial charge in [-0.2, -0.15) is 0 Å². The molecule has 17 heavy (non-hydrogen) atoms. The highest BCUT2D eigenvalue weighted by Gasteiger charge is 2.15. The summed E-state index contributed by atoms with van der Waals surface area (Å²) in [5.41, 5.74) is 5.70. The van der Waals surface area contributed by atoms with E-state index in [4.69, 9.17) is 10.5 Å². The largest absolute Gasteiger partial charge is 0.489 e. The highest BCUT2D eigenvalue weighted by atomic mass is 79.9. The molecule has 1 atom stereocenters. The van der Waals surface area contributed by atoms with Gasteiger partial charge in [0.05, 0.1) is 5.56 Å². The van der Waals surface area contributed by atoms with Crippen molar-refractivity contribution in [2.24, 2.45) is 5.73 Å². The highest BCUT2D eigenvalue weighted by molar-refractivity contribution is 9.10. The second kappa shape index (κ2) is 5.51. The van der Waals surface area contributed by atoms with Crippen molar-refractivity contribution < 1.29 is 9.53 Å². The van der Waals surface area contributed by atoms with E-state index in [1.54, 1.807) is 18.2 Å². The second-order valence-electron chi connectivity index (χ2n) is 4.09. The Morgan fingerprint density at radius 2 is 2.35 bits per heavy atom. The Hall–Kier alpha value is -1.07. The van der Waals surface area contributed by atoms with Gasteiger partial charge in [-0.25, -0.2) is 0 Å². The van der Waals surface area contributed by atoms with Gasteiger partial charge in [-0.05, 0) is 53.5 Å². The topological polar surface area (TPSA) is 64.4 Å². The zero-order valence-corrected chi connectivity index (χ0v) is 11.0. The number of halogens is 1. The maximum atomic E-state index is 11.1. The molecule has 1 aromatic rings. The number of primary amides is 1. The average molecular weight is 299 g/mol. The smallest absolute Gasteiger partial charge is 0.249 e. The van der Waals surface area contributed by atoms with Gasteiger partial charge in [-0.3, -0.25) is 4.79 Å². The molecule has 0 aromatic heterocycles. The molecule has 1 fully saturated rings. The molecule has 0 saturated carbocycles. The van der Waals surface area contributed by atoms with Gasteiger partial charge in [0.25, 0.3) is 0 Å². The predicted octanol–water partition coefficient (Wildman–Crippen LogP) is 1.68. The van der Waals surface area contributed by atoms with Crippen molar-refractivity contribution in [2.75, 3.05) is 13.1 Å². The van der Waals surface area contributed by atoms with Gasteiger partial charge in [0.1, 0.15) is 11.9 Å². The van der Waals surface area contributed by atoms with Crippen LogP contribution in [0.3, 0.4) is 0 Å². The van der Waals surface area contributed by atoms with Crippen molar-refractivity contribution >= 4 is 21.8 Å². The van der Waals surface area contributed by atoms with E-state index in [1.807, 2.05) is 0 Å². The van der Waals surface area contributed by atoms with Crippen LogP contribution in [0.4, 0.5) is 0 Å². The van der Waals surface area contributed by atoms with E-state index in [0.29, 0.717) is 10.0 Å². The van der Waals surface area contributed by atoms with Crippen LogP contribution < -0.4 is 15.8 Å². The third-order valence-corrected chi connectivity index (χ3v) is 3.42. The Morgan fingerprint density at radius 1 is 1.53 bits per heavy atom. The molecule has 1 heterocycles. The SMILES string of the molecule is NC(=O)c1ccc(O[C@H]2CCCNC2)cc1Br. The molecule has 2 rings (SSSR count). The van der Waals surface area contributed by atoms with Crippen LogP contribution in [0.2, 0.25) is 0 Å². The number of nitrogens with one attached hydrogen (secondary N) is 1. The van der Waals surface area contributed by atoms with E-state index in [1.165, 1.54) is 0 Å². The first-order chi connectivity index (χ1) is 8.16. The van der Waals surface area contributed by atoms with Crippen LogP contribution in [0, 0.1) is 0 Å². The molecule has 5 heteroatoms. The van der Waals surface area contributed by atoms with Gasteiger partial charge < -0.3 is 15.8 Å². The van der Waals surface area contributed by atoms with Crippen LogP contribution in [-0.2, 0) is 0 Å². The Labute approximate surface area is 109 Å². The monoisotopic (exact) mass is 298 g/mol. The number of benzene rings is 1. The molecule has 0 spiro atoms. The van der Waals surface area contributed by atoms with Crippen molar-refractivity contribution in [3.05, 3.63) is 28.2 Å². The van der Waals surface area contributed by atoms with E-state index >= 15 is 0 Å². The lowest BCUT2D eigenvalue weighted by Gasteiger charge is -2.24. The summed E-state index contributed by atoms with van der Waals surface area (Å²) in [6, 6.07) is 5.24. The molecule has 4 nitrogen and oxygen atoms in total. The van der Waals surface area contributed by atoms with Crippen molar-refractivity contribution in [1.82, 2.24) is 5.32 Å². The Bertz CT molecular complexity index is 417. The van der Waals surface area contributed by atoms with E-state index < -0.39 is 5.91 Å². The van der Waals surface area contributed by atoms with Crippen LogP contribution in [0.25, 0.3) is 0 Å². The molecule has 1 aromatic carbocycles. The minimum absolute atomic E-state index is 0.204. The Balaban J connectivity index is 2.06. The molecule has 0 bridgehead atoms. The normalized spacial score (nSPS) is 19.9. The molecule has 1 amide bonds. The molecule has 1 aliphatic heterocycles. The van der Waals surface area contributed by atoms with Crippen molar-refractivity contribution in [3.8, 4) is 5.75 Å². The quantitative estimate of drug-likeness (QED) is 0.892. The van der Waals surface area contributed by atoms with Crippen LogP contribution in [0.15, 0.2) is 22.7 Å². The summed E-state index contributed by atoms with van der Waals surface area (Å²) in [6.45, 7) is 1.93. The number of amides is 1. The number of nitrogens with two attached hydrogens (primary N) is 1. The fourth-order valence-electron chi connectivity index (χ4n) is 1.88.